The molecule has 1 aliphatic heterocycles. The first-order valence-corrected chi connectivity index (χ1v) is 11.5. The number of halogens is 1. The second-order valence-electron chi connectivity index (χ2n) is 7.88. The zero-order chi connectivity index (χ0) is 22.4. The van der Waals surface area contributed by atoms with E-state index in [0.29, 0.717) is 36.4 Å². The summed E-state index contributed by atoms with van der Waals surface area (Å²) in [4.78, 5) is 40.5. The van der Waals surface area contributed by atoms with Crippen molar-refractivity contribution in [2.45, 2.75) is 45.2 Å². The second kappa shape index (κ2) is 10.5. The van der Waals surface area contributed by atoms with Crippen molar-refractivity contribution in [2.75, 3.05) is 13.1 Å². The monoisotopic (exact) mass is 445 g/mol. The van der Waals surface area contributed by atoms with Crippen molar-refractivity contribution in [1.29, 1.82) is 0 Å². The Balaban J connectivity index is 1.66. The number of amides is 3. The van der Waals surface area contributed by atoms with Crippen LogP contribution >= 0.6 is 11.3 Å². The molecule has 2 heterocycles. The van der Waals surface area contributed by atoms with E-state index >= 15 is 0 Å². The average Bonchev–Trinajstić information content (AvgIpc) is 3.32. The molecule has 0 saturated carbocycles. The largest absolute Gasteiger partial charge is 0.352 e. The lowest BCUT2D eigenvalue weighted by atomic mass is 9.88. The molecular formula is C23H28FN3O3S. The summed E-state index contributed by atoms with van der Waals surface area (Å²) < 4.78 is 13.1. The predicted molar refractivity (Wildman–Crippen MR) is 118 cm³/mol. The van der Waals surface area contributed by atoms with Crippen LogP contribution in [0.5, 0.6) is 0 Å². The maximum atomic E-state index is 13.1. The molecule has 1 fully saturated rings. The lowest BCUT2D eigenvalue weighted by molar-refractivity contribution is -0.125. The number of hydrogen-bond donors (Lipinski definition) is 2. The van der Waals surface area contributed by atoms with Gasteiger partial charge in [0.15, 0.2) is 0 Å². The van der Waals surface area contributed by atoms with Gasteiger partial charge in [-0.1, -0.05) is 13.0 Å². The van der Waals surface area contributed by atoms with E-state index in [0.717, 1.165) is 6.42 Å². The average molecular weight is 446 g/mol. The molecule has 0 spiro atoms. The number of carbonyl (C=O) groups is 3. The summed E-state index contributed by atoms with van der Waals surface area (Å²) in [7, 11) is 0. The normalized spacial score (nSPS) is 16.4. The van der Waals surface area contributed by atoms with Crippen LogP contribution in [0.25, 0.3) is 0 Å². The Morgan fingerprint density at radius 3 is 2.39 bits per heavy atom. The van der Waals surface area contributed by atoms with Gasteiger partial charge in [0.2, 0.25) is 5.91 Å². The Bertz CT molecular complexity index is 893. The van der Waals surface area contributed by atoms with Crippen LogP contribution in [0.15, 0.2) is 41.8 Å². The van der Waals surface area contributed by atoms with Crippen molar-refractivity contribution in [3.63, 3.8) is 0 Å². The summed E-state index contributed by atoms with van der Waals surface area (Å²) in [5.41, 5.74) is 0.442. The van der Waals surface area contributed by atoms with E-state index < -0.39 is 6.04 Å². The van der Waals surface area contributed by atoms with Crippen molar-refractivity contribution >= 4 is 29.1 Å². The van der Waals surface area contributed by atoms with Crippen LogP contribution in [0.2, 0.25) is 0 Å². The fraction of sp³-hybridized carbons (Fsp3) is 0.435. The summed E-state index contributed by atoms with van der Waals surface area (Å²) in [6.07, 6.45) is 1.98. The highest BCUT2D eigenvalue weighted by molar-refractivity contribution is 7.12. The van der Waals surface area contributed by atoms with Gasteiger partial charge < -0.3 is 15.5 Å². The Morgan fingerprint density at radius 1 is 1.13 bits per heavy atom. The number of rotatable bonds is 7. The maximum absolute atomic E-state index is 13.1. The van der Waals surface area contributed by atoms with Gasteiger partial charge >= 0.3 is 0 Å². The Hall–Kier alpha value is -2.74. The van der Waals surface area contributed by atoms with Crippen LogP contribution in [0, 0.1) is 11.7 Å². The van der Waals surface area contributed by atoms with Gasteiger partial charge in [-0.3, -0.25) is 14.4 Å². The molecule has 6 nitrogen and oxygen atoms in total. The van der Waals surface area contributed by atoms with Gasteiger partial charge in [0.1, 0.15) is 11.9 Å². The van der Waals surface area contributed by atoms with Crippen molar-refractivity contribution in [1.82, 2.24) is 15.5 Å². The van der Waals surface area contributed by atoms with E-state index in [1.54, 1.807) is 17.0 Å². The van der Waals surface area contributed by atoms with Crippen molar-refractivity contribution < 1.29 is 18.8 Å². The molecule has 3 amide bonds. The highest BCUT2D eigenvalue weighted by Crippen LogP contribution is 2.23. The zero-order valence-corrected chi connectivity index (χ0v) is 18.6. The van der Waals surface area contributed by atoms with E-state index in [1.165, 1.54) is 35.6 Å². The summed E-state index contributed by atoms with van der Waals surface area (Å²) in [6, 6.07) is 8.38. The molecule has 1 aliphatic rings. The van der Waals surface area contributed by atoms with E-state index in [1.807, 2.05) is 19.2 Å². The maximum Gasteiger partial charge on any atom is 0.262 e. The molecule has 2 aromatic rings. The van der Waals surface area contributed by atoms with Gasteiger partial charge in [0.05, 0.1) is 4.88 Å². The lowest BCUT2D eigenvalue weighted by Crippen LogP contribution is -2.55. The van der Waals surface area contributed by atoms with Gasteiger partial charge in [-0.05, 0) is 67.8 Å². The fourth-order valence-corrected chi connectivity index (χ4v) is 4.29. The van der Waals surface area contributed by atoms with E-state index in [-0.39, 0.29) is 35.5 Å². The molecule has 0 unspecified atom stereocenters. The fourth-order valence-electron chi connectivity index (χ4n) is 3.66. The lowest BCUT2D eigenvalue weighted by Gasteiger charge is -2.36. The van der Waals surface area contributed by atoms with Gasteiger partial charge in [0, 0.05) is 24.7 Å². The minimum atomic E-state index is -0.660. The zero-order valence-electron chi connectivity index (χ0n) is 17.8. The Kier molecular flexibility index (Phi) is 7.79. The molecule has 0 radical (unpaired) electrons. The number of thiophene rings is 1. The number of nitrogens with one attached hydrogen (secondary N) is 2. The summed E-state index contributed by atoms with van der Waals surface area (Å²) in [5, 5.41) is 7.71. The summed E-state index contributed by atoms with van der Waals surface area (Å²) >= 11 is 1.33. The van der Waals surface area contributed by atoms with Crippen LogP contribution in [-0.2, 0) is 4.79 Å². The first kappa shape index (κ1) is 22.9. The van der Waals surface area contributed by atoms with Crippen molar-refractivity contribution in [2.24, 2.45) is 5.92 Å². The van der Waals surface area contributed by atoms with Crippen LogP contribution in [0.1, 0.15) is 53.1 Å². The Morgan fingerprint density at radius 2 is 1.81 bits per heavy atom. The number of carbonyl (C=O) groups excluding carboxylic acids is 3. The molecule has 2 atom stereocenters. The second-order valence-corrected chi connectivity index (χ2v) is 8.83. The van der Waals surface area contributed by atoms with Crippen molar-refractivity contribution in [3.8, 4) is 0 Å². The molecule has 8 heteroatoms. The molecule has 1 aromatic heterocycles. The summed E-state index contributed by atoms with van der Waals surface area (Å²) in [5.74, 6) is -1.06. The van der Waals surface area contributed by atoms with E-state index in [2.05, 4.69) is 10.6 Å². The van der Waals surface area contributed by atoms with Crippen LogP contribution < -0.4 is 10.6 Å². The predicted octanol–water partition coefficient (Wildman–Crippen LogP) is 3.45. The molecule has 0 aliphatic carbocycles. The number of piperidine rings is 1. The first-order valence-electron chi connectivity index (χ1n) is 10.6. The van der Waals surface area contributed by atoms with Gasteiger partial charge in [0.25, 0.3) is 11.8 Å². The number of nitrogens with zero attached hydrogens (tertiary/aromatic N) is 1. The number of hydrogen-bond acceptors (Lipinski definition) is 4. The van der Waals surface area contributed by atoms with Gasteiger partial charge in [-0.25, -0.2) is 4.39 Å². The number of likely N-dealkylation sites (tertiary alicyclic amines) is 1. The Labute approximate surface area is 185 Å². The van der Waals surface area contributed by atoms with Crippen molar-refractivity contribution in [3.05, 3.63) is 58.0 Å². The first-order chi connectivity index (χ1) is 14.9. The van der Waals surface area contributed by atoms with Gasteiger partial charge in [-0.15, -0.1) is 11.3 Å². The molecule has 2 N–H and O–H groups in total. The number of benzene rings is 1. The minimum Gasteiger partial charge on any atom is -0.352 e. The van der Waals surface area contributed by atoms with E-state index in [4.69, 9.17) is 0 Å². The van der Waals surface area contributed by atoms with Crippen LogP contribution in [0.4, 0.5) is 4.39 Å². The molecule has 1 aromatic carbocycles. The SMILES string of the molecule is CC[C@@H](C)NC(=O)[C@H](NC(=O)c1cccs1)C1CCN(C(=O)c2ccc(F)cc2)CC1. The van der Waals surface area contributed by atoms with E-state index in [9.17, 15) is 18.8 Å². The van der Waals surface area contributed by atoms with Gasteiger partial charge in [-0.2, -0.15) is 0 Å². The third-order valence-electron chi connectivity index (χ3n) is 5.70. The molecule has 0 bridgehead atoms. The standard InChI is InChI=1S/C23H28FN3O3S/c1-3-15(2)25-22(29)20(26-21(28)19-5-4-14-31-19)16-10-12-27(13-11-16)23(30)17-6-8-18(24)9-7-17/h4-9,14-16,20H,3,10-13H2,1-2H3,(H,25,29)(H,26,28)/t15-,20-/m1/s1. The van der Waals surface area contributed by atoms with Crippen LogP contribution in [0.3, 0.4) is 0 Å². The molecule has 166 valence electrons. The molecule has 3 rings (SSSR count). The highest BCUT2D eigenvalue weighted by atomic mass is 32.1. The quantitative estimate of drug-likeness (QED) is 0.685. The summed E-state index contributed by atoms with van der Waals surface area (Å²) in [6.45, 7) is 4.87. The molecule has 1 saturated heterocycles. The highest BCUT2D eigenvalue weighted by Gasteiger charge is 2.34. The third kappa shape index (κ3) is 5.91. The minimum absolute atomic E-state index is 0.00813. The smallest absolute Gasteiger partial charge is 0.262 e. The topological polar surface area (TPSA) is 78.5 Å². The molecular weight excluding hydrogens is 417 g/mol. The molecule has 31 heavy (non-hydrogen) atoms. The van der Waals surface area contributed by atoms with Crippen LogP contribution in [-0.4, -0.2) is 47.8 Å². The third-order valence-corrected chi connectivity index (χ3v) is 6.57.